The zero-order valence-electron chi connectivity index (χ0n) is 17.8. The highest BCUT2D eigenvalue weighted by molar-refractivity contribution is 5.88. The van der Waals surface area contributed by atoms with Crippen LogP contribution in [0.25, 0.3) is 0 Å². The Bertz CT molecular complexity index is 764. The Morgan fingerprint density at radius 2 is 1.69 bits per heavy atom. The van der Waals surface area contributed by atoms with E-state index in [1.807, 2.05) is 44.2 Å². The molecule has 4 nitrogen and oxygen atoms in total. The molecular formula is C25H33NO3. The molecule has 1 fully saturated rings. The van der Waals surface area contributed by atoms with Crippen molar-refractivity contribution in [3.05, 3.63) is 65.7 Å². The van der Waals surface area contributed by atoms with Crippen LogP contribution in [-0.2, 0) is 21.4 Å². The molecule has 1 atom stereocenters. The Morgan fingerprint density at radius 1 is 1.03 bits per heavy atom. The fraction of sp³-hybridized carbons (Fsp3) is 0.480. The van der Waals surface area contributed by atoms with Gasteiger partial charge >= 0.3 is 0 Å². The minimum absolute atomic E-state index is 0.109. The zero-order chi connectivity index (χ0) is 20.7. The third-order valence-electron chi connectivity index (χ3n) is 5.65. The Kier molecular flexibility index (Phi) is 7.32. The summed E-state index contributed by atoms with van der Waals surface area (Å²) in [7, 11) is 0. The van der Waals surface area contributed by atoms with Crippen LogP contribution < -0.4 is 10.1 Å². The molecule has 0 radical (unpaired) electrons. The summed E-state index contributed by atoms with van der Waals surface area (Å²) in [6.07, 6.45) is 3.46. The van der Waals surface area contributed by atoms with E-state index in [2.05, 4.69) is 36.5 Å². The van der Waals surface area contributed by atoms with Gasteiger partial charge in [0.25, 0.3) is 0 Å². The molecule has 1 aliphatic rings. The predicted octanol–water partition coefficient (Wildman–Crippen LogP) is 4.66. The molecule has 1 unspecified atom stereocenters. The van der Waals surface area contributed by atoms with Gasteiger partial charge in [0.15, 0.2) is 0 Å². The average molecular weight is 396 g/mol. The number of carbonyl (C=O) groups is 1. The Labute approximate surface area is 174 Å². The second-order valence-electron chi connectivity index (χ2n) is 8.28. The van der Waals surface area contributed by atoms with E-state index in [1.165, 1.54) is 5.56 Å². The molecule has 0 aliphatic carbocycles. The normalized spacial score (nSPS) is 17.0. The van der Waals surface area contributed by atoms with Crippen LogP contribution in [0.5, 0.6) is 5.75 Å². The van der Waals surface area contributed by atoms with Gasteiger partial charge in [0.2, 0.25) is 5.91 Å². The lowest BCUT2D eigenvalue weighted by Gasteiger charge is -2.37. The summed E-state index contributed by atoms with van der Waals surface area (Å²) < 4.78 is 11.3. The molecule has 29 heavy (non-hydrogen) atoms. The molecule has 1 aliphatic heterocycles. The van der Waals surface area contributed by atoms with Crippen molar-refractivity contribution in [2.45, 2.75) is 64.0 Å². The molecule has 1 saturated heterocycles. The summed E-state index contributed by atoms with van der Waals surface area (Å²) >= 11 is 0. The van der Waals surface area contributed by atoms with Crippen LogP contribution in [-0.4, -0.2) is 31.3 Å². The second kappa shape index (κ2) is 9.93. The largest absolute Gasteiger partial charge is 0.491 e. The molecule has 1 heterocycles. The molecule has 0 aromatic heterocycles. The van der Waals surface area contributed by atoms with Crippen LogP contribution in [0.3, 0.4) is 0 Å². The fourth-order valence-corrected chi connectivity index (χ4v) is 3.95. The summed E-state index contributed by atoms with van der Waals surface area (Å²) in [6.45, 7) is 7.40. The first kappa shape index (κ1) is 21.4. The van der Waals surface area contributed by atoms with E-state index >= 15 is 0 Å². The summed E-state index contributed by atoms with van der Waals surface area (Å²) in [5.74, 6) is 1.02. The van der Waals surface area contributed by atoms with Crippen molar-refractivity contribution in [3.63, 3.8) is 0 Å². The van der Waals surface area contributed by atoms with Gasteiger partial charge in [-0.2, -0.15) is 0 Å². The van der Waals surface area contributed by atoms with Crippen molar-refractivity contribution < 1.29 is 14.3 Å². The maximum absolute atomic E-state index is 13.3. The highest BCUT2D eigenvalue weighted by Crippen LogP contribution is 2.35. The Morgan fingerprint density at radius 3 is 2.31 bits per heavy atom. The van der Waals surface area contributed by atoms with Crippen LogP contribution in [0.4, 0.5) is 0 Å². The smallest absolute Gasteiger partial charge is 0.231 e. The molecule has 2 aromatic rings. The summed E-state index contributed by atoms with van der Waals surface area (Å²) in [5.41, 5.74) is 1.86. The van der Waals surface area contributed by atoms with Crippen molar-refractivity contribution in [1.82, 2.24) is 5.32 Å². The molecular weight excluding hydrogens is 362 g/mol. The lowest BCUT2D eigenvalue weighted by atomic mass is 9.73. The molecule has 0 bridgehead atoms. The second-order valence-corrected chi connectivity index (χ2v) is 8.28. The highest BCUT2D eigenvalue weighted by atomic mass is 16.5. The SMILES string of the molecule is CC(CCc1ccc(OC(C)C)cc1)NC(=O)C1(c2ccccc2)CCOCC1. The molecule has 1 N–H and O–H groups in total. The maximum atomic E-state index is 13.3. The third kappa shape index (κ3) is 5.60. The van der Waals surface area contributed by atoms with Crippen LogP contribution in [0.1, 0.15) is 51.2 Å². The average Bonchev–Trinajstić information content (AvgIpc) is 2.74. The number of benzene rings is 2. The van der Waals surface area contributed by atoms with Gasteiger partial charge in [-0.05, 0) is 69.7 Å². The predicted molar refractivity (Wildman–Crippen MR) is 116 cm³/mol. The van der Waals surface area contributed by atoms with Crippen molar-refractivity contribution in [3.8, 4) is 5.75 Å². The Balaban J connectivity index is 1.58. The van der Waals surface area contributed by atoms with Gasteiger partial charge in [0.05, 0.1) is 11.5 Å². The first-order chi connectivity index (χ1) is 14.0. The Hall–Kier alpha value is -2.33. The van der Waals surface area contributed by atoms with Crippen molar-refractivity contribution >= 4 is 5.91 Å². The van der Waals surface area contributed by atoms with Crippen molar-refractivity contribution in [2.24, 2.45) is 0 Å². The van der Waals surface area contributed by atoms with E-state index < -0.39 is 5.41 Å². The number of hydrogen-bond acceptors (Lipinski definition) is 3. The van der Waals surface area contributed by atoms with Crippen molar-refractivity contribution in [2.75, 3.05) is 13.2 Å². The van der Waals surface area contributed by atoms with Gasteiger partial charge < -0.3 is 14.8 Å². The van der Waals surface area contributed by atoms with Gasteiger partial charge in [-0.1, -0.05) is 42.5 Å². The number of carbonyl (C=O) groups excluding carboxylic acids is 1. The highest BCUT2D eigenvalue weighted by Gasteiger charge is 2.41. The first-order valence-corrected chi connectivity index (χ1v) is 10.7. The molecule has 4 heteroatoms. The third-order valence-corrected chi connectivity index (χ3v) is 5.65. The molecule has 0 saturated carbocycles. The standard InChI is InChI=1S/C25H33NO3/c1-19(2)29-23-13-11-21(12-14-23)10-9-20(3)26-24(27)25(15-17-28-18-16-25)22-7-5-4-6-8-22/h4-8,11-14,19-20H,9-10,15-18H2,1-3H3,(H,26,27). The maximum Gasteiger partial charge on any atom is 0.231 e. The van der Waals surface area contributed by atoms with Gasteiger partial charge in [-0.15, -0.1) is 0 Å². The lowest BCUT2D eigenvalue weighted by molar-refractivity contribution is -0.131. The van der Waals surface area contributed by atoms with Crippen molar-refractivity contribution in [1.29, 1.82) is 0 Å². The lowest BCUT2D eigenvalue weighted by Crippen LogP contribution is -2.50. The van der Waals surface area contributed by atoms with E-state index in [9.17, 15) is 4.79 Å². The monoisotopic (exact) mass is 395 g/mol. The number of amides is 1. The fourth-order valence-electron chi connectivity index (χ4n) is 3.95. The van der Waals surface area contributed by atoms with Crippen LogP contribution in [0, 0.1) is 0 Å². The van der Waals surface area contributed by atoms with Gasteiger partial charge in [0.1, 0.15) is 5.75 Å². The van der Waals surface area contributed by atoms with E-state index in [0.29, 0.717) is 13.2 Å². The van der Waals surface area contributed by atoms with E-state index in [4.69, 9.17) is 9.47 Å². The summed E-state index contributed by atoms with van der Waals surface area (Å²) in [4.78, 5) is 13.3. The number of rotatable bonds is 8. The van der Waals surface area contributed by atoms with Crippen LogP contribution in [0.15, 0.2) is 54.6 Å². The van der Waals surface area contributed by atoms with Gasteiger partial charge in [-0.25, -0.2) is 0 Å². The minimum atomic E-state index is -0.483. The molecule has 0 spiro atoms. The van der Waals surface area contributed by atoms with Crippen LogP contribution in [0.2, 0.25) is 0 Å². The molecule has 3 rings (SSSR count). The zero-order valence-corrected chi connectivity index (χ0v) is 17.8. The van der Waals surface area contributed by atoms with E-state index in [1.54, 1.807) is 0 Å². The minimum Gasteiger partial charge on any atom is -0.491 e. The quantitative estimate of drug-likeness (QED) is 0.707. The van der Waals surface area contributed by atoms with Crippen LogP contribution >= 0.6 is 0 Å². The molecule has 1 amide bonds. The topological polar surface area (TPSA) is 47.6 Å². The summed E-state index contributed by atoms with van der Waals surface area (Å²) in [6, 6.07) is 18.5. The number of nitrogens with one attached hydrogen (secondary N) is 1. The number of hydrogen-bond donors (Lipinski definition) is 1. The molecule has 2 aromatic carbocycles. The van der Waals surface area contributed by atoms with E-state index in [0.717, 1.165) is 37.0 Å². The molecule has 156 valence electrons. The first-order valence-electron chi connectivity index (χ1n) is 10.7. The van der Waals surface area contributed by atoms with E-state index in [-0.39, 0.29) is 18.1 Å². The number of ether oxygens (including phenoxy) is 2. The number of aryl methyl sites for hydroxylation is 1. The van der Waals surface area contributed by atoms with Gasteiger partial charge in [-0.3, -0.25) is 4.79 Å². The summed E-state index contributed by atoms with van der Waals surface area (Å²) in [5, 5.41) is 3.28. The van der Waals surface area contributed by atoms with Gasteiger partial charge in [0, 0.05) is 19.3 Å².